The van der Waals surface area contributed by atoms with Crippen LogP contribution in [0.1, 0.15) is 241 Å². The van der Waals surface area contributed by atoms with Crippen LogP contribution in [0, 0.1) is 28.6 Å². The largest absolute Gasteiger partial charge is 0.376 e. The van der Waals surface area contributed by atoms with E-state index in [1.807, 2.05) is 102 Å². The van der Waals surface area contributed by atoms with Crippen molar-refractivity contribution < 1.29 is 14.3 Å². The molecule has 0 aromatic carbocycles. The van der Waals surface area contributed by atoms with Gasteiger partial charge in [-0.05, 0) is 152 Å². The van der Waals surface area contributed by atoms with Crippen molar-refractivity contribution in [2.75, 3.05) is 32.8 Å². The van der Waals surface area contributed by atoms with E-state index in [9.17, 15) is 9.59 Å². The van der Waals surface area contributed by atoms with Gasteiger partial charge in [0, 0.05) is 49.9 Å². The van der Waals surface area contributed by atoms with Gasteiger partial charge in [-0.3, -0.25) is 9.59 Å². The van der Waals surface area contributed by atoms with Crippen LogP contribution in [0.3, 0.4) is 0 Å². The van der Waals surface area contributed by atoms with Gasteiger partial charge in [0.25, 0.3) is 0 Å². The molecule has 7 rings (SSSR count). The number of hydrogen-bond donors (Lipinski definition) is 0. The minimum absolute atomic E-state index is 0. The number of carbonyl (C=O) groups excluding carboxylic acids is 2. The molecular weight excluding hydrogens is 899 g/mol. The number of aromatic nitrogens is 9. The van der Waals surface area contributed by atoms with Crippen LogP contribution >= 0.6 is 0 Å². The monoisotopic (exact) mass is 1010 g/mol. The molecule has 2 amide bonds. The Morgan fingerprint density at radius 2 is 0.792 bits per heavy atom. The Hall–Kier alpha value is -3.68. The molecule has 5 heterocycles. The van der Waals surface area contributed by atoms with Gasteiger partial charge in [-0.15, -0.1) is 15.3 Å². The molecule has 3 unspecified atom stereocenters. The highest BCUT2D eigenvalue weighted by Gasteiger charge is 2.50. The quantitative estimate of drug-likeness (QED) is 0.245. The van der Waals surface area contributed by atoms with Crippen molar-refractivity contribution in [3.8, 4) is 0 Å². The average molecular weight is 1010 g/mol. The molecule has 0 radical (unpaired) electrons. The first-order valence-electron chi connectivity index (χ1n) is 27.4. The molecule has 0 N–H and O–H groups in total. The zero-order valence-corrected chi connectivity index (χ0v) is 49.5. The van der Waals surface area contributed by atoms with Gasteiger partial charge in [0.15, 0.2) is 0 Å². The topological polar surface area (TPSA) is 142 Å². The zero-order valence-electron chi connectivity index (χ0n) is 49.5. The van der Waals surface area contributed by atoms with Gasteiger partial charge in [-0.25, -0.2) is 14.0 Å². The summed E-state index contributed by atoms with van der Waals surface area (Å²) in [7, 11) is 0. The van der Waals surface area contributed by atoms with Crippen molar-refractivity contribution in [1.29, 1.82) is 0 Å². The summed E-state index contributed by atoms with van der Waals surface area (Å²) in [5, 5.41) is 26.3. The smallest absolute Gasteiger partial charge is 0.227 e. The van der Waals surface area contributed by atoms with E-state index in [0.29, 0.717) is 0 Å². The minimum atomic E-state index is -0.315. The van der Waals surface area contributed by atoms with E-state index in [-0.39, 0.29) is 59.7 Å². The van der Waals surface area contributed by atoms with Crippen LogP contribution in [-0.4, -0.2) is 105 Å². The van der Waals surface area contributed by atoms with Crippen molar-refractivity contribution in [3.63, 3.8) is 0 Å². The predicted molar refractivity (Wildman–Crippen MR) is 301 cm³/mol. The molecule has 1 fully saturated rings. The Morgan fingerprint density at radius 3 is 1.18 bits per heavy atom. The number of ether oxygens (including phenoxy) is 1. The summed E-state index contributed by atoms with van der Waals surface area (Å²) in [6, 6.07) is 0. The number of rotatable bonds is 2. The maximum absolute atomic E-state index is 12.5. The molecule has 3 aromatic heterocycles. The van der Waals surface area contributed by atoms with Crippen LogP contribution in [0.25, 0.3) is 0 Å². The fourth-order valence-electron chi connectivity index (χ4n) is 9.46. The van der Waals surface area contributed by atoms with E-state index in [4.69, 9.17) is 4.74 Å². The first-order valence-corrected chi connectivity index (χ1v) is 27.4. The standard InChI is InChI=1S/C18H31N3O.2C16H28N4O.3C2H6.2CH4/c1-17(2,3)21-16-10-8-13-12(7-9-15(16)19-20-21)14(13)11-22-18(4,5)6;1-15(2,3)14(21)19-10-7-8-13-12(9-11-19)17-18-20(13)16(4,5)6;1-15(2,3)14(21)19-10-7-8-12-13(9-11-19)20(18-17-12)16(4,5)6;3*1-2;;/h12-14H,7-11H2,1-6H3;2*7-11H2,1-6H3;3*1-2H3;2*1H4. The molecule has 14 nitrogen and oxygen atoms in total. The van der Waals surface area contributed by atoms with Gasteiger partial charge >= 0.3 is 0 Å². The van der Waals surface area contributed by atoms with Crippen molar-refractivity contribution >= 4 is 11.8 Å². The highest BCUT2D eigenvalue weighted by Crippen LogP contribution is 2.53. The molecule has 72 heavy (non-hydrogen) atoms. The Balaban J connectivity index is 0.000000984. The third-order valence-electron chi connectivity index (χ3n) is 12.9. The first-order chi connectivity index (χ1) is 32.4. The summed E-state index contributed by atoms with van der Waals surface area (Å²) in [5.74, 6) is 2.92. The van der Waals surface area contributed by atoms with Gasteiger partial charge in [-0.1, -0.05) is 114 Å². The molecule has 0 saturated heterocycles. The minimum Gasteiger partial charge on any atom is -0.376 e. The molecule has 418 valence electrons. The number of aryl methyl sites for hydroxylation is 2. The average Bonchev–Trinajstić information content (AvgIpc) is 3.57. The number of nitrogens with zero attached hydrogens (tertiary/aromatic N) is 11. The van der Waals surface area contributed by atoms with Gasteiger partial charge in [0.2, 0.25) is 11.8 Å². The van der Waals surface area contributed by atoms with Crippen LogP contribution < -0.4 is 0 Å². The van der Waals surface area contributed by atoms with Crippen LogP contribution in [0.15, 0.2) is 0 Å². The molecule has 3 aromatic rings. The summed E-state index contributed by atoms with van der Waals surface area (Å²) < 4.78 is 12.2. The van der Waals surface area contributed by atoms with Crippen LogP contribution in [0.4, 0.5) is 0 Å². The van der Waals surface area contributed by atoms with E-state index in [0.717, 1.165) is 113 Å². The van der Waals surface area contributed by atoms with E-state index in [1.54, 1.807) is 0 Å². The summed E-state index contributed by atoms with van der Waals surface area (Å²) in [4.78, 5) is 28.9. The molecular formula is C58H113N11O3. The van der Waals surface area contributed by atoms with Crippen molar-refractivity contribution in [2.24, 2.45) is 28.6 Å². The number of hydrogen-bond acceptors (Lipinski definition) is 9. The highest BCUT2D eigenvalue weighted by atomic mass is 16.5. The van der Waals surface area contributed by atoms with Gasteiger partial charge < -0.3 is 14.5 Å². The molecule has 14 heteroatoms. The van der Waals surface area contributed by atoms with E-state index in [1.165, 1.54) is 35.6 Å². The van der Waals surface area contributed by atoms with E-state index < -0.39 is 0 Å². The molecule has 3 atom stereocenters. The zero-order chi connectivity index (χ0) is 53.8. The van der Waals surface area contributed by atoms with Crippen molar-refractivity contribution in [3.05, 3.63) is 34.2 Å². The summed E-state index contributed by atoms with van der Waals surface area (Å²) in [6.07, 6.45) is 10.1. The fourth-order valence-corrected chi connectivity index (χ4v) is 9.46. The lowest BCUT2D eigenvalue weighted by Gasteiger charge is -2.31. The van der Waals surface area contributed by atoms with E-state index >= 15 is 0 Å². The molecule has 2 aliphatic heterocycles. The SMILES string of the molecule is C.C.CC.CC.CC.CC(C)(C)C(=O)N1CCCc2c(nnn2C(C)(C)C)CC1.CC(C)(C)C(=O)N1CCCc2nnn(C(C)(C)C)c2CC1.CC(C)(C)OCC1C2CCc3nnn(C(C)(C)C)c3CCC21. The lowest BCUT2D eigenvalue weighted by molar-refractivity contribution is -0.140. The Labute approximate surface area is 442 Å². The number of fused-ring (bicyclic) bond motifs is 4. The van der Waals surface area contributed by atoms with Crippen LogP contribution in [-0.2, 0) is 69.5 Å². The van der Waals surface area contributed by atoms with Gasteiger partial charge in [-0.2, -0.15) is 0 Å². The lowest BCUT2D eigenvalue weighted by Crippen LogP contribution is -2.42. The summed E-state index contributed by atoms with van der Waals surface area (Å²) >= 11 is 0. The van der Waals surface area contributed by atoms with Crippen LogP contribution in [0.5, 0.6) is 0 Å². The maximum Gasteiger partial charge on any atom is 0.227 e. The Bertz CT molecular complexity index is 2040. The third kappa shape index (κ3) is 19.2. The van der Waals surface area contributed by atoms with E-state index in [2.05, 4.69) is 119 Å². The van der Waals surface area contributed by atoms with Gasteiger partial charge in [0.05, 0.1) is 63.0 Å². The maximum atomic E-state index is 12.5. The van der Waals surface area contributed by atoms with Gasteiger partial charge in [0.1, 0.15) is 0 Å². The second-order valence-electron chi connectivity index (χ2n) is 25.0. The van der Waals surface area contributed by atoms with Crippen molar-refractivity contribution in [1.82, 2.24) is 54.8 Å². The summed E-state index contributed by atoms with van der Waals surface area (Å²) in [5.41, 5.74) is 6.45. The number of amides is 2. The Morgan fingerprint density at radius 1 is 0.458 bits per heavy atom. The predicted octanol–water partition coefficient (Wildman–Crippen LogP) is 12.7. The second kappa shape index (κ2) is 28.3. The van der Waals surface area contributed by atoms with Crippen molar-refractivity contribution in [2.45, 2.75) is 267 Å². The second-order valence-corrected chi connectivity index (χ2v) is 25.0. The molecule has 4 aliphatic rings. The highest BCUT2D eigenvalue weighted by molar-refractivity contribution is 5.82. The third-order valence-corrected chi connectivity index (χ3v) is 12.9. The molecule has 0 spiro atoms. The molecule has 2 aliphatic carbocycles. The number of carbonyl (C=O) groups is 2. The molecule has 1 saturated carbocycles. The lowest BCUT2D eigenvalue weighted by atomic mass is 9.94. The summed E-state index contributed by atoms with van der Waals surface area (Å²) in [6.45, 7) is 53.9. The normalized spacial score (nSPS) is 19.0. The first kappa shape index (κ1) is 68.3. The Kier molecular flexibility index (Phi) is 26.8. The fraction of sp³-hybridized carbons (Fsp3) is 0.862. The molecule has 0 bridgehead atoms. The van der Waals surface area contributed by atoms with Crippen LogP contribution in [0.2, 0.25) is 0 Å².